The molecule has 1 aliphatic rings. The number of hydrogen-bond acceptors (Lipinski definition) is 4. The molecule has 1 fully saturated rings. The minimum atomic E-state index is -0.121. The largest absolute Gasteiger partial charge is 0.342 e. The Morgan fingerprint density at radius 1 is 1.37 bits per heavy atom. The molecule has 3 N–H and O–H groups in total. The van der Waals surface area contributed by atoms with E-state index in [4.69, 9.17) is 5.84 Å². The zero-order chi connectivity index (χ0) is 14.4. The lowest BCUT2D eigenvalue weighted by Gasteiger charge is -2.33. The third kappa shape index (κ3) is 4.47. The quantitative estimate of drug-likeness (QED) is 0.417. The number of piperidine rings is 1. The van der Waals surface area contributed by atoms with Gasteiger partial charge in [-0.2, -0.15) is 0 Å². The van der Waals surface area contributed by atoms with Crippen LogP contribution < -0.4 is 11.3 Å². The van der Waals surface area contributed by atoms with Gasteiger partial charge in [0.05, 0.1) is 6.54 Å². The Labute approximate surface area is 115 Å². The van der Waals surface area contributed by atoms with E-state index in [-0.39, 0.29) is 17.7 Å². The van der Waals surface area contributed by atoms with Crippen LogP contribution in [0.5, 0.6) is 0 Å². The van der Waals surface area contributed by atoms with Crippen molar-refractivity contribution in [2.24, 2.45) is 11.8 Å². The highest BCUT2D eigenvalue weighted by molar-refractivity contribution is 5.80. The van der Waals surface area contributed by atoms with E-state index in [9.17, 15) is 9.59 Å². The van der Waals surface area contributed by atoms with Crippen LogP contribution in [0.25, 0.3) is 0 Å². The lowest BCUT2D eigenvalue weighted by Crippen LogP contribution is -2.48. The summed E-state index contributed by atoms with van der Waals surface area (Å²) in [4.78, 5) is 27.6. The molecule has 0 unspecified atom stereocenters. The Morgan fingerprint density at radius 3 is 2.37 bits per heavy atom. The summed E-state index contributed by atoms with van der Waals surface area (Å²) in [7, 11) is 0. The Kier molecular flexibility index (Phi) is 6.24. The van der Waals surface area contributed by atoms with Gasteiger partial charge >= 0.3 is 0 Å². The van der Waals surface area contributed by atoms with Crippen LogP contribution >= 0.6 is 0 Å². The summed E-state index contributed by atoms with van der Waals surface area (Å²) < 4.78 is 0. The van der Waals surface area contributed by atoms with Gasteiger partial charge in [-0.1, -0.05) is 6.92 Å². The second-order valence-corrected chi connectivity index (χ2v) is 5.32. The summed E-state index contributed by atoms with van der Waals surface area (Å²) in [6.07, 6.45) is 1.39. The Morgan fingerprint density at radius 2 is 1.95 bits per heavy atom. The van der Waals surface area contributed by atoms with Gasteiger partial charge in [0, 0.05) is 25.0 Å². The molecule has 1 heterocycles. The van der Waals surface area contributed by atoms with Gasteiger partial charge in [-0.05, 0) is 33.2 Å². The summed E-state index contributed by atoms with van der Waals surface area (Å²) >= 11 is 0. The predicted molar refractivity (Wildman–Crippen MR) is 74.0 cm³/mol. The van der Waals surface area contributed by atoms with Crippen molar-refractivity contribution in [3.63, 3.8) is 0 Å². The van der Waals surface area contributed by atoms with Crippen LogP contribution in [0.3, 0.4) is 0 Å². The van der Waals surface area contributed by atoms with E-state index < -0.39 is 0 Å². The highest BCUT2D eigenvalue weighted by Crippen LogP contribution is 2.17. The van der Waals surface area contributed by atoms with E-state index >= 15 is 0 Å². The van der Waals surface area contributed by atoms with E-state index in [1.54, 1.807) is 0 Å². The minimum absolute atomic E-state index is 0.0542. The fourth-order valence-corrected chi connectivity index (χ4v) is 2.44. The summed E-state index contributed by atoms with van der Waals surface area (Å²) in [5.74, 6) is 5.11. The molecule has 2 amide bonds. The minimum Gasteiger partial charge on any atom is -0.342 e. The van der Waals surface area contributed by atoms with Crippen molar-refractivity contribution in [1.82, 2.24) is 15.2 Å². The van der Waals surface area contributed by atoms with Crippen LogP contribution in [0.2, 0.25) is 0 Å². The molecule has 0 bridgehead atoms. The SMILES string of the molecule is CCN(CC(=O)N1CCC(C(=O)NN)CC1)C(C)C. The molecule has 0 aromatic carbocycles. The molecule has 1 saturated heterocycles. The van der Waals surface area contributed by atoms with Crippen molar-refractivity contribution in [2.75, 3.05) is 26.2 Å². The summed E-state index contributed by atoms with van der Waals surface area (Å²) in [5.41, 5.74) is 2.18. The van der Waals surface area contributed by atoms with Crippen LogP contribution in [-0.4, -0.2) is 53.8 Å². The van der Waals surface area contributed by atoms with Crippen molar-refractivity contribution < 1.29 is 9.59 Å². The Bertz CT molecular complexity index is 312. The maximum Gasteiger partial charge on any atom is 0.237 e. The average Bonchev–Trinajstić information content (AvgIpc) is 2.43. The smallest absolute Gasteiger partial charge is 0.237 e. The number of nitrogens with one attached hydrogen (secondary N) is 1. The van der Waals surface area contributed by atoms with E-state index in [1.165, 1.54) is 0 Å². The molecule has 1 rings (SSSR count). The fourth-order valence-electron chi connectivity index (χ4n) is 2.44. The number of hydrazine groups is 1. The lowest BCUT2D eigenvalue weighted by molar-refractivity contribution is -0.136. The summed E-state index contributed by atoms with van der Waals surface area (Å²) in [6.45, 7) is 8.87. The first kappa shape index (κ1) is 15.9. The first-order valence-corrected chi connectivity index (χ1v) is 7.01. The zero-order valence-corrected chi connectivity index (χ0v) is 12.2. The lowest BCUT2D eigenvalue weighted by atomic mass is 9.96. The zero-order valence-electron chi connectivity index (χ0n) is 12.2. The van der Waals surface area contributed by atoms with Gasteiger partial charge in [0.25, 0.3) is 0 Å². The van der Waals surface area contributed by atoms with Crippen molar-refractivity contribution in [3.8, 4) is 0 Å². The number of rotatable bonds is 5. The average molecular weight is 270 g/mol. The van der Waals surface area contributed by atoms with E-state index in [0.29, 0.717) is 38.5 Å². The predicted octanol–water partition coefficient (Wildman–Crippen LogP) is -0.0548. The van der Waals surface area contributed by atoms with Gasteiger partial charge in [-0.3, -0.25) is 19.9 Å². The second-order valence-electron chi connectivity index (χ2n) is 5.32. The first-order valence-electron chi connectivity index (χ1n) is 7.01. The molecule has 6 heteroatoms. The van der Waals surface area contributed by atoms with Crippen LogP contribution in [0, 0.1) is 5.92 Å². The number of nitrogens with two attached hydrogens (primary N) is 1. The molecule has 0 atom stereocenters. The molecule has 19 heavy (non-hydrogen) atoms. The highest BCUT2D eigenvalue weighted by Gasteiger charge is 2.27. The third-order valence-electron chi connectivity index (χ3n) is 3.84. The van der Waals surface area contributed by atoms with Gasteiger partial charge in [-0.15, -0.1) is 0 Å². The van der Waals surface area contributed by atoms with Crippen LogP contribution in [-0.2, 0) is 9.59 Å². The molecular formula is C13H26N4O2. The molecule has 0 spiro atoms. The van der Waals surface area contributed by atoms with Crippen molar-refractivity contribution >= 4 is 11.8 Å². The van der Waals surface area contributed by atoms with E-state index in [1.807, 2.05) is 4.90 Å². The molecular weight excluding hydrogens is 244 g/mol. The molecule has 0 aromatic heterocycles. The Balaban J connectivity index is 2.42. The number of nitrogens with zero attached hydrogens (tertiary/aromatic N) is 2. The molecule has 0 radical (unpaired) electrons. The van der Waals surface area contributed by atoms with Crippen molar-refractivity contribution in [2.45, 2.75) is 39.7 Å². The summed E-state index contributed by atoms with van der Waals surface area (Å²) in [6, 6.07) is 0.370. The maximum atomic E-state index is 12.2. The number of carbonyl (C=O) groups is 2. The Hall–Kier alpha value is -1.14. The van der Waals surface area contributed by atoms with Crippen molar-refractivity contribution in [3.05, 3.63) is 0 Å². The molecule has 0 aromatic rings. The van der Waals surface area contributed by atoms with Gasteiger partial charge in [0.1, 0.15) is 0 Å². The monoisotopic (exact) mass is 270 g/mol. The topological polar surface area (TPSA) is 78.7 Å². The molecule has 110 valence electrons. The highest BCUT2D eigenvalue weighted by atomic mass is 16.2. The third-order valence-corrected chi connectivity index (χ3v) is 3.84. The van der Waals surface area contributed by atoms with Gasteiger partial charge in [0.15, 0.2) is 0 Å². The number of likely N-dealkylation sites (tertiary alicyclic amines) is 1. The summed E-state index contributed by atoms with van der Waals surface area (Å²) in [5, 5.41) is 0. The van der Waals surface area contributed by atoms with Gasteiger partial charge in [-0.25, -0.2) is 5.84 Å². The number of amides is 2. The molecule has 0 aliphatic carbocycles. The maximum absolute atomic E-state index is 12.2. The van der Waals surface area contributed by atoms with Gasteiger partial charge < -0.3 is 4.90 Å². The normalized spacial score (nSPS) is 17.1. The van der Waals surface area contributed by atoms with E-state index in [0.717, 1.165) is 6.54 Å². The molecule has 1 aliphatic heterocycles. The van der Waals surface area contributed by atoms with E-state index in [2.05, 4.69) is 31.1 Å². The number of carbonyl (C=O) groups excluding carboxylic acids is 2. The fraction of sp³-hybridized carbons (Fsp3) is 0.846. The first-order chi connectivity index (χ1) is 8.99. The van der Waals surface area contributed by atoms with Crippen LogP contribution in [0.15, 0.2) is 0 Å². The van der Waals surface area contributed by atoms with Crippen LogP contribution in [0.4, 0.5) is 0 Å². The standard InChI is InChI=1S/C13H26N4O2/c1-4-16(10(2)3)9-12(18)17-7-5-11(6-8-17)13(19)15-14/h10-11H,4-9,14H2,1-3H3,(H,15,19). The molecule has 6 nitrogen and oxygen atoms in total. The molecule has 0 saturated carbocycles. The van der Waals surface area contributed by atoms with Crippen molar-refractivity contribution in [1.29, 1.82) is 0 Å². The number of hydrogen-bond donors (Lipinski definition) is 2. The second kappa shape index (κ2) is 7.45. The van der Waals surface area contributed by atoms with Crippen LogP contribution in [0.1, 0.15) is 33.6 Å². The van der Waals surface area contributed by atoms with Gasteiger partial charge in [0.2, 0.25) is 11.8 Å². The number of likely N-dealkylation sites (N-methyl/N-ethyl adjacent to an activating group) is 1.